The molecule has 0 fully saturated rings. The summed E-state index contributed by atoms with van der Waals surface area (Å²) in [7, 11) is 0. The monoisotopic (exact) mass is 312 g/mol. The first kappa shape index (κ1) is 13.5. The van der Waals surface area contributed by atoms with Crippen LogP contribution in [0.2, 0.25) is 0 Å². The number of hydrogen-bond donors (Lipinski definition) is 0. The Hall–Kier alpha value is -1.12. The van der Waals surface area contributed by atoms with Crippen LogP contribution in [-0.2, 0) is 0 Å². The second kappa shape index (κ2) is 4.44. The molecule has 21 heavy (non-hydrogen) atoms. The Kier molecular flexibility index (Phi) is 2.86. The molecule has 2 heterocycles. The largest absolute Gasteiger partial charge is 0.144 e. The minimum Gasteiger partial charge on any atom is -0.144 e. The quantitative estimate of drug-likeness (QED) is 0.610. The topological polar surface area (TPSA) is 0 Å². The van der Waals surface area contributed by atoms with E-state index < -0.39 is 0 Å². The third-order valence-corrected chi connectivity index (χ3v) is 7.16. The fourth-order valence-corrected chi connectivity index (χ4v) is 6.59. The van der Waals surface area contributed by atoms with Crippen LogP contribution in [0.4, 0.5) is 0 Å². The molecule has 0 radical (unpaired) electrons. The average Bonchev–Trinajstić information content (AvgIpc) is 3.10. The normalized spacial score (nSPS) is 17.7. The fourth-order valence-electron chi connectivity index (χ4n) is 3.83. The van der Waals surface area contributed by atoms with Gasteiger partial charge in [0.05, 0.1) is 0 Å². The molecular formula is C19H20S2. The maximum absolute atomic E-state index is 2.44. The summed E-state index contributed by atoms with van der Waals surface area (Å²) in [5.74, 6) is 1.07. The summed E-state index contributed by atoms with van der Waals surface area (Å²) < 4.78 is 0. The molecule has 0 saturated heterocycles. The number of rotatable bonds is 2. The Morgan fingerprint density at radius 3 is 1.81 bits per heavy atom. The first-order valence-corrected chi connectivity index (χ1v) is 9.18. The maximum Gasteiger partial charge on any atom is 0.0350 e. The van der Waals surface area contributed by atoms with E-state index in [9.17, 15) is 0 Å². The lowest BCUT2D eigenvalue weighted by molar-refractivity contribution is 0.272. The van der Waals surface area contributed by atoms with Crippen molar-refractivity contribution in [2.45, 2.75) is 33.6 Å². The van der Waals surface area contributed by atoms with Gasteiger partial charge in [-0.15, -0.1) is 22.7 Å². The molecule has 2 aromatic heterocycles. The molecular weight excluding hydrogens is 292 g/mol. The van der Waals surface area contributed by atoms with Gasteiger partial charge in [-0.3, -0.25) is 0 Å². The van der Waals surface area contributed by atoms with Crippen LogP contribution in [0, 0.1) is 25.2 Å². The van der Waals surface area contributed by atoms with Crippen LogP contribution in [0.5, 0.6) is 0 Å². The summed E-state index contributed by atoms with van der Waals surface area (Å²) in [6.45, 7) is 9.35. The van der Waals surface area contributed by atoms with E-state index in [0.717, 1.165) is 0 Å². The third kappa shape index (κ3) is 1.85. The smallest absolute Gasteiger partial charge is 0.0350 e. The number of aryl methyl sites for hydroxylation is 2. The van der Waals surface area contributed by atoms with E-state index in [1.54, 1.807) is 9.75 Å². The Morgan fingerprint density at radius 2 is 1.33 bits per heavy atom. The molecule has 108 valence electrons. The van der Waals surface area contributed by atoms with Crippen LogP contribution in [0.25, 0.3) is 11.1 Å². The molecule has 2 aromatic rings. The fraction of sp³-hybridized carbons (Fsp3) is 0.368. The predicted octanol–water partition coefficient (Wildman–Crippen LogP) is 6.31. The molecule has 2 aliphatic carbocycles. The second-order valence-electron chi connectivity index (χ2n) is 6.82. The average molecular weight is 313 g/mol. The van der Waals surface area contributed by atoms with Gasteiger partial charge < -0.3 is 0 Å². The van der Waals surface area contributed by atoms with Crippen LogP contribution >= 0.6 is 22.7 Å². The summed E-state index contributed by atoms with van der Waals surface area (Å²) in [6, 6.07) is 4.78. The summed E-state index contributed by atoms with van der Waals surface area (Å²) in [5, 5.41) is 0. The Morgan fingerprint density at radius 1 is 0.857 bits per heavy atom. The van der Waals surface area contributed by atoms with Crippen molar-refractivity contribution in [1.29, 1.82) is 0 Å². The van der Waals surface area contributed by atoms with Crippen LogP contribution in [0.15, 0.2) is 36.4 Å². The highest BCUT2D eigenvalue weighted by Crippen LogP contribution is 2.60. The van der Waals surface area contributed by atoms with E-state index in [4.69, 9.17) is 0 Å². The SMILES string of the molecule is Cc1cc2c(s1)C(C(C)(C)C1C=CC=C1)c1sc(C)cc1-2. The number of thiophene rings is 2. The number of fused-ring (bicyclic) bond motifs is 3. The van der Waals surface area contributed by atoms with Crippen LogP contribution < -0.4 is 0 Å². The van der Waals surface area contributed by atoms with E-state index in [-0.39, 0.29) is 5.41 Å². The first-order valence-electron chi connectivity index (χ1n) is 7.54. The highest BCUT2D eigenvalue weighted by Gasteiger charge is 2.45. The molecule has 2 aliphatic rings. The molecule has 0 bridgehead atoms. The van der Waals surface area contributed by atoms with Crippen molar-refractivity contribution in [1.82, 2.24) is 0 Å². The van der Waals surface area contributed by atoms with Gasteiger partial charge in [0.2, 0.25) is 0 Å². The molecule has 0 nitrogen and oxygen atoms in total. The van der Waals surface area contributed by atoms with E-state index in [1.807, 2.05) is 22.7 Å². The van der Waals surface area contributed by atoms with Gasteiger partial charge in [-0.2, -0.15) is 0 Å². The highest BCUT2D eigenvalue weighted by molar-refractivity contribution is 7.15. The van der Waals surface area contributed by atoms with Crippen LogP contribution in [0.1, 0.15) is 39.3 Å². The van der Waals surface area contributed by atoms with Gasteiger partial charge in [-0.25, -0.2) is 0 Å². The first-order chi connectivity index (χ1) is 9.98. The van der Waals surface area contributed by atoms with E-state index in [2.05, 4.69) is 64.1 Å². The lowest BCUT2D eigenvalue weighted by atomic mass is 9.69. The van der Waals surface area contributed by atoms with E-state index in [1.165, 1.54) is 20.9 Å². The summed E-state index contributed by atoms with van der Waals surface area (Å²) in [5.41, 5.74) is 3.22. The Balaban J connectivity index is 1.91. The van der Waals surface area contributed by atoms with Gasteiger partial charge in [-0.05, 0) is 42.5 Å². The Labute approximate surface area is 134 Å². The lowest BCUT2D eigenvalue weighted by Crippen LogP contribution is -2.27. The summed E-state index contributed by atoms with van der Waals surface area (Å²) in [6.07, 6.45) is 9.11. The zero-order chi connectivity index (χ0) is 14.8. The van der Waals surface area contributed by atoms with Crippen LogP contribution in [-0.4, -0.2) is 0 Å². The van der Waals surface area contributed by atoms with Crippen molar-refractivity contribution in [2.24, 2.45) is 11.3 Å². The molecule has 0 N–H and O–H groups in total. The molecule has 0 aliphatic heterocycles. The predicted molar refractivity (Wildman–Crippen MR) is 94.5 cm³/mol. The molecule has 0 spiro atoms. The molecule has 0 amide bonds. The number of hydrogen-bond acceptors (Lipinski definition) is 2. The van der Waals surface area contributed by atoms with Crippen molar-refractivity contribution >= 4 is 22.7 Å². The molecule has 0 atom stereocenters. The highest BCUT2D eigenvalue weighted by atomic mass is 32.1. The van der Waals surface area contributed by atoms with Crippen molar-refractivity contribution in [3.8, 4) is 11.1 Å². The summed E-state index contributed by atoms with van der Waals surface area (Å²) in [4.78, 5) is 6.06. The van der Waals surface area contributed by atoms with Crippen molar-refractivity contribution < 1.29 is 0 Å². The van der Waals surface area contributed by atoms with Crippen LogP contribution in [0.3, 0.4) is 0 Å². The van der Waals surface area contributed by atoms with E-state index in [0.29, 0.717) is 11.8 Å². The molecule has 2 heteroatoms. The molecule has 0 aromatic carbocycles. The third-order valence-electron chi connectivity index (χ3n) is 4.93. The summed E-state index contributed by atoms with van der Waals surface area (Å²) >= 11 is 3.99. The van der Waals surface area contributed by atoms with Gasteiger partial charge >= 0.3 is 0 Å². The zero-order valence-electron chi connectivity index (χ0n) is 12.9. The lowest BCUT2D eigenvalue weighted by Gasteiger charge is -2.36. The van der Waals surface area contributed by atoms with Crippen molar-refractivity contribution in [3.05, 3.63) is 55.9 Å². The zero-order valence-corrected chi connectivity index (χ0v) is 14.6. The van der Waals surface area contributed by atoms with Gasteiger partial charge in [0.25, 0.3) is 0 Å². The maximum atomic E-state index is 2.44. The molecule has 0 unspecified atom stereocenters. The van der Waals surface area contributed by atoms with Gasteiger partial charge in [0, 0.05) is 31.3 Å². The van der Waals surface area contributed by atoms with Crippen molar-refractivity contribution in [3.63, 3.8) is 0 Å². The molecule has 4 rings (SSSR count). The van der Waals surface area contributed by atoms with Gasteiger partial charge in [-0.1, -0.05) is 38.2 Å². The van der Waals surface area contributed by atoms with Crippen molar-refractivity contribution in [2.75, 3.05) is 0 Å². The Bertz CT molecular complexity index is 709. The van der Waals surface area contributed by atoms with Gasteiger partial charge in [0.15, 0.2) is 0 Å². The minimum atomic E-state index is 0.220. The number of allylic oxidation sites excluding steroid dienone is 4. The van der Waals surface area contributed by atoms with E-state index >= 15 is 0 Å². The minimum absolute atomic E-state index is 0.220. The van der Waals surface area contributed by atoms with Gasteiger partial charge in [0.1, 0.15) is 0 Å². The second-order valence-corrected chi connectivity index (χ2v) is 9.40. The molecule has 0 saturated carbocycles. The standard InChI is InChI=1S/C19H20S2/c1-11-9-14-15-10-12(2)21-18(15)16(17(14)20-11)19(3,4)13-7-5-6-8-13/h5-10,13,16H,1-4H3.